The number of phenolic OH excluding ortho intramolecular Hbond substituents is 2. The van der Waals surface area contributed by atoms with Gasteiger partial charge in [0.2, 0.25) is 0 Å². The molecule has 4 rings (SSSR count). The number of benzene rings is 2. The lowest BCUT2D eigenvalue weighted by Crippen LogP contribution is -2.56. The molecule has 2 fully saturated rings. The van der Waals surface area contributed by atoms with Crippen molar-refractivity contribution < 1.29 is 29.2 Å². The third kappa shape index (κ3) is 8.86. The van der Waals surface area contributed by atoms with Crippen LogP contribution in [0, 0.1) is 16.2 Å². The average Bonchev–Trinajstić information content (AvgIpc) is 2.92. The molecule has 2 aliphatic heterocycles. The van der Waals surface area contributed by atoms with Crippen LogP contribution in [0.3, 0.4) is 0 Å². The number of ether oxygens (including phenoxy) is 4. The van der Waals surface area contributed by atoms with Gasteiger partial charge in [0.15, 0.2) is 12.6 Å². The zero-order valence-electron chi connectivity index (χ0n) is 33.7. The second kappa shape index (κ2) is 13.1. The van der Waals surface area contributed by atoms with Crippen molar-refractivity contribution in [1.82, 2.24) is 0 Å². The molecule has 0 unspecified atom stereocenters. The van der Waals surface area contributed by atoms with Gasteiger partial charge in [-0.2, -0.15) is 0 Å². The van der Waals surface area contributed by atoms with E-state index in [2.05, 4.69) is 123 Å². The normalized spacial score (nSPS) is 23.3. The van der Waals surface area contributed by atoms with Crippen LogP contribution in [0.15, 0.2) is 24.3 Å². The van der Waals surface area contributed by atoms with E-state index in [9.17, 15) is 10.2 Å². The summed E-state index contributed by atoms with van der Waals surface area (Å²) < 4.78 is 26.1. The quantitative estimate of drug-likeness (QED) is 0.316. The Balaban J connectivity index is 1.45. The maximum absolute atomic E-state index is 11.0. The minimum Gasteiger partial charge on any atom is -0.508 e. The summed E-state index contributed by atoms with van der Waals surface area (Å²) in [6.07, 6.45) is 0.757. The molecule has 1 spiro atoms. The summed E-state index contributed by atoms with van der Waals surface area (Å²) >= 11 is 0. The maximum atomic E-state index is 11.0. The molecule has 0 aromatic heterocycles. The SMILES string of the molecule is CC(C)(C)c1cc(CC(C)(C)C2OCC3(CO2)COC(C(C)(C)Cc2cc(C(C)(C)C)c(O)cc2C(C)(C)C)OC3)c(C(C)(C)C)cc1O. The predicted octanol–water partition coefficient (Wildman–Crippen LogP) is 9.86. The van der Waals surface area contributed by atoms with Gasteiger partial charge in [0.05, 0.1) is 31.8 Å². The van der Waals surface area contributed by atoms with E-state index in [1.807, 2.05) is 12.1 Å². The Morgan fingerprint density at radius 1 is 0.469 bits per heavy atom. The van der Waals surface area contributed by atoms with Crippen molar-refractivity contribution in [3.8, 4) is 11.5 Å². The lowest BCUT2D eigenvalue weighted by atomic mass is 9.74. The van der Waals surface area contributed by atoms with Crippen LogP contribution >= 0.6 is 0 Å². The van der Waals surface area contributed by atoms with Crippen molar-refractivity contribution in [3.05, 3.63) is 57.6 Å². The van der Waals surface area contributed by atoms with E-state index in [1.54, 1.807) is 0 Å². The second-order valence-electron chi connectivity index (χ2n) is 20.8. The van der Waals surface area contributed by atoms with E-state index in [0.717, 1.165) is 35.1 Å². The Morgan fingerprint density at radius 3 is 0.980 bits per heavy atom. The van der Waals surface area contributed by atoms with Crippen molar-refractivity contribution in [1.29, 1.82) is 0 Å². The van der Waals surface area contributed by atoms with Gasteiger partial charge in [0, 0.05) is 10.8 Å². The lowest BCUT2D eigenvalue weighted by Gasteiger charge is -2.49. The summed E-state index contributed by atoms with van der Waals surface area (Å²) in [5, 5.41) is 21.9. The molecular formula is C43H68O6. The number of rotatable bonds is 6. The van der Waals surface area contributed by atoms with E-state index in [4.69, 9.17) is 18.9 Å². The van der Waals surface area contributed by atoms with Crippen LogP contribution in [0.2, 0.25) is 0 Å². The van der Waals surface area contributed by atoms with E-state index in [0.29, 0.717) is 37.9 Å². The summed E-state index contributed by atoms with van der Waals surface area (Å²) in [4.78, 5) is 0. The van der Waals surface area contributed by atoms with Gasteiger partial charge in [-0.15, -0.1) is 0 Å². The molecule has 0 atom stereocenters. The molecule has 0 radical (unpaired) electrons. The van der Waals surface area contributed by atoms with Gasteiger partial charge in [-0.1, -0.05) is 123 Å². The highest BCUT2D eigenvalue weighted by molar-refractivity contribution is 5.49. The van der Waals surface area contributed by atoms with Crippen molar-refractivity contribution in [2.45, 2.75) is 158 Å². The molecule has 2 aromatic carbocycles. The van der Waals surface area contributed by atoms with Crippen molar-refractivity contribution in [2.75, 3.05) is 26.4 Å². The molecule has 2 saturated heterocycles. The first-order valence-corrected chi connectivity index (χ1v) is 18.3. The monoisotopic (exact) mass is 681 g/mol. The van der Waals surface area contributed by atoms with Gasteiger partial charge in [-0.05, 0) is 80.0 Å². The molecule has 2 N–H and O–H groups in total. The van der Waals surface area contributed by atoms with Crippen LogP contribution in [0.1, 0.15) is 144 Å². The van der Waals surface area contributed by atoms with E-state index in [1.165, 1.54) is 11.1 Å². The lowest BCUT2D eigenvalue weighted by molar-refractivity contribution is -0.333. The minimum absolute atomic E-state index is 0.121. The first-order valence-electron chi connectivity index (χ1n) is 18.3. The molecule has 6 heteroatoms. The average molecular weight is 681 g/mol. The van der Waals surface area contributed by atoms with Crippen LogP contribution in [-0.4, -0.2) is 49.2 Å². The van der Waals surface area contributed by atoms with Crippen molar-refractivity contribution >= 4 is 0 Å². The molecule has 0 saturated carbocycles. The summed E-state index contributed by atoms with van der Waals surface area (Å²) in [6.45, 7) is 36.9. The highest BCUT2D eigenvalue weighted by Gasteiger charge is 2.48. The standard InChI is InChI=1S/C43H68O6/c1-37(2,3)29-19-33(44)31(39(7,8)9)17-27(29)21-41(13,14)35-46-23-43(24-47-35)25-48-36(49-26-43)42(15,16)22-28-18-32(40(10,11)12)34(45)20-30(28)38(4,5)6/h17-20,35-36,44-45H,21-26H2,1-16H3. The molecule has 0 aliphatic carbocycles. The van der Waals surface area contributed by atoms with Gasteiger partial charge in [-0.3, -0.25) is 0 Å². The molecule has 2 aromatic rings. The fourth-order valence-corrected chi connectivity index (χ4v) is 7.56. The predicted molar refractivity (Wildman–Crippen MR) is 200 cm³/mol. The zero-order chi connectivity index (χ0) is 37.2. The van der Waals surface area contributed by atoms with Gasteiger partial charge < -0.3 is 29.2 Å². The molecular weight excluding hydrogens is 612 g/mol. The number of hydrogen-bond donors (Lipinski definition) is 2. The van der Waals surface area contributed by atoms with E-state index < -0.39 is 0 Å². The highest BCUT2D eigenvalue weighted by atomic mass is 16.7. The maximum Gasteiger partial charge on any atom is 0.162 e. The van der Waals surface area contributed by atoms with Gasteiger partial charge in [0.25, 0.3) is 0 Å². The Bertz CT molecular complexity index is 1360. The molecule has 0 amide bonds. The molecule has 2 heterocycles. The summed E-state index contributed by atoms with van der Waals surface area (Å²) in [7, 11) is 0. The summed E-state index contributed by atoms with van der Waals surface area (Å²) in [5.74, 6) is 0.717. The first-order chi connectivity index (χ1) is 22.1. The topological polar surface area (TPSA) is 77.4 Å². The Labute approximate surface area is 298 Å². The Morgan fingerprint density at radius 2 is 0.735 bits per heavy atom. The third-order valence-corrected chi connectivity index (χ3v) is 10.4. The highest BCUT2D eigenvalue weighted by Crippen LogP contribution is 2.45. The molecule has 0 bridgehead atoms. The van der Waals surface area contributed by atoms with Crippen LogP contribution in [-0.2, 0) is 53.4 Å². The van der Waals surface area contributed by atoms with Crippen molar-refractivity contribution in [2.24, 2.45) is 16.2 Å². The second-order valence-corrected chi connectivity index (χ2v) is 20.8. The smallest absolute Gasteiger partial charge is 0.162 e. The molecule has 6 nitrogen and oxygen atoms in total. The van der Waals surface area contributed by atoms with E-state index in [-0.39, 0.29) is 50.5 Å². The van der Waals surface area contributed by atoms with Crippen LogP contribution < -0.4 is 0 Å². The third-order valence-electron chi connectivity index (χ3n) is 10.4. The zero-order valence-corrected chi connectivity index (χ0v) is 33.7. The molecule has 49 heavy (non-hydrogen) atoms. The largest absolute Gasteiger partial charge is 0.508 e. The van der Waals surface area contributed by atoms with Gasteiger partial charge in [0.1, 0.15) is 11.5 Å². The van der Waals surface area contributed by atoms with Crippen molar-refractivity contribution in [3.63, 3.8) is 0 Å². The van der Waals surface area contributed by atoms with Crippen LogP contribution in [0.25, 0.3) is 0 Å². The Hall–Kier alpha value is -2.12. The van der Waals surface area contributed by atoms with Crippen LogP contribution in [0.4, 0.5) is 0 Å². The van der Waals surface area contributed by atoms with Gasteiger partial charge >= 0.3 is 0 Å². The molecule has 2 aliphatic rings. The number of phenols is 2. The summed E-state index contributed by atoms with van der Waals surface area (Å²) in [5.41, 5.74) is 5.09. The fraction of sp³-hybridized carbons (Fsp3) is 0.721. The summed E-state index contributed by atoms with van der Waals surface area (Å²) in [6, 6.07) is 8.32. The Kier molecular flexibility index (Phi) is 10.6. The van der Waals surface area contributed by atoms with Gasteiger partial charge in [-0.25, -0.2) is 0 Å². The van der Waals surface area contributed by atoms with Crippen LogP contribution in [0.5, 0.6) is 11.5 Å². The minimum atomic E-state index is -0.380. The molecule has 276 valence electrons. The number of hydrogen-bond acceptors (Lipinski definition) is 6. The number of aromatic hydroxyl groups is 2. The van der Waals surface area contributed by atoms with E-state index >= 15 is 0 Å². The fourth-order valence-electron chi connectivity index (χ4n) is 7.56. The first kappa shape index (κ1) is 39.7.